The van der Waals surface area contributed by atoms with E-state index in [2.05, 4.69) is 5.32 Å². The summed E-state index contributed by atoms with van der Waals surface area (Å²) in [4.78, 5) is 13.8. The van der Waals surface area contributed by atoms with Crippen molar-refractivity contribution in [2.75, 3.05) is 20.1 Å². The monoisotopic (exact) mass is 264 g/mol. The largest absolute Gasteiger partial charge is 0.340 e. The number of carbonyl (C=O) groups is 1. The van der Waals surface area contributed by atoms with E-state index in [9.17, 15) is 9.18 Å². The number of piperidine rings is 1. The van der Waals surface area contributed by atoms with Gasteiger partial charge in [0.25, 0.3) is 5.91 Å². The molecule has 0 radical (unpaired) electrons. The molecule has 1 saturated heterocycles. The second-order valence-electron chi connectivity index (χ2n) is 5.32. The first kappa shape index (κ1) is 14.0. The van der Waals surface area contributed by atoms with E-state index in [1.807, 2.05) is 6.92 Å². The molecule has 1 amide bonds. The molecule has 1 N–H and O–H groups in total. The van der Waals surface area contributed by atoms with Crippen LogP contribution in [0.1, 0.15) is 35.2 Å². The lowest BCUT2D eigenvalue weighted by Gasteiger charge is -2.28. The molecule has 0 aliphatic carbocycles. The van der Waals surface area contributed by atoms with Gasteiger partial charge in [-0.1, -0.05) is 12.5 Å². The average molecular weight is 264 g/mol. The number of nitrogens with one attached hydrogen (secondary N) is 1. The van der Waals surface area contributed by atoms with Gasteiger partial charge >= 0.3 is 0 Å². The second kappa shape index (κ2) is 6.15. The fourth-order valence-corrected chi connectivity index (χ4v) is 2.49. The third-order valence-corrected chi connectivity index (χ3v) is 3.61. The van der Waals surface area contributed by atoms with Gasteiger partial charge < -0.3 is 10.2 Å². The summed E-state index contributed by atoms with van der Waals surface area (Å²) in [5.41, 5.74) is 0.981. The molecule has 1 heterocycles. The number of benzene rings is 1. The number of amides is 1. The molecule has 104 valence electrons. The number of nitrogens with zero attached hydrogens (tertiary/aromatic N) is 1. The molecule has 0 bridgehead atoms. The third kappa shape index (κ3) is 3.53. The maximum Gasteiger partial charge on any atom is 0.256 e. The van der Waals surface area contributed by atoms with Crippen molar-refractivity contribution in [3.05, 3.63) is 35.1 Å². The van der Waals surface area contributed by atoms with Crippen molar-refractivity contribution in [1.82, 2.24) is 10.2 Å². The Labute approximate surface area is 113 Å². The Balaban J connectivity index is 2.01. The van der Waals surface area contributed by atoms with Crippen LogP contribution in [0.2, 0.25) is 0 Å². The average Bonchev–Trinajstić information content (AvgIpc) is 2.39. The summed E-state index contributed by atoms with van der Waals surface area (Å²) in [7, 11) is 1.73. The van der Waals surface area contributed by atoms with Crippen LogP contribution in [0.4, 0.5) is 4.39 Å². The molecule has 0 saturated carbocycles. The first-order valence-corrected chi connectivity index (χ1v) is 6.83. The summed E-state index contributed by atoms with van der Waals surface area (Å²) >= 11 is 0. The number of hydrogen-bond donors (Lipinski definition) is 1. The van der Waals surface area contributed by atoms with Crippen molar-refractivity contribution in [2.24, 2.45) is 0 Å². The fourth-order valence-electron chi connectivity index (χ4n) is 2.49. The van der Waals surface area contributed by atoms with E-state index < -0.39 is 5.82 Å². The molecule has 3 nitrogen and oxygen atoms in total. The highest BCUT2D eigenvalue weighted by molar-refractivity contribution is 5.94. The van der Waals surface area contributed by atoms with Crippen molar-refractivity contribution >= 4 is 5.91 Å². The Hall–Kier alpha value is -1.42. The smallest absolute Gasteiger partial charge is 0.256 e. The van der Waals surface area contributed by atoms with Gasteiger partial charge in [-0.3, -0.25) is 4.79 Å². The van der Waals surface area contributed by atoms with Gasteiger partial charge in [0.2, 0.25) is 0 Å². The zero-order chi connectivity index (χ0) is 13.8. The highest BCUT2D eigenvalue weighted by atomic mass is 19.1. The van der Waals surface area contributed by atoms with Gasteiger partial charge in [-0.25, -0.2) is 4.39 Å². The minimum Gasteiger partial charge on any atom is -0.340 e. The number of hydrogen-bond acceptors (Lipinski definition) is 2. The lowest BCUT2D eigenvalue weighted by Crippen LogP contribution is -2.44. The molecule has 19 heavy (non-hydrogen) atoms. The Morgan fingerprint density at radius 2 is 2.26 bits per heavy atom. The van der Waals surface area contributed by atoms with Crippen LogP contribution in [-0.2, 0) is 0 Å². The highest BCUT2D eigenvalue weighted by Gasteiger charge is 2.20. The van der Waals surface area contributed by atoms with Crippen LogP contribution < -0.4 is 5.32 Å². The summed E-state index contributed by atoms with van der Waals surface area (Å²) in [5, 5.41) is 3.39. The maximum absolute atomic E-state index is 13.8. The number of carbonyl (C=O) groups excluding carboxylic acids is 1. The predicted molar refractivity (Wildman–Crippen MR) is 73.7 cm³/mol. The maximum atomic E-state index is 13.8. The zero-order valence-corrected chi connectivity index (χ0v) is 11.6. The lowest BCUT2D eigenvalue weighted by atomic mass is 10.0. The van der Waals surface area contributed by atoms with E-state index in [4.69, 9.17) is 0 Å². The molecule has 1 atom stereocenters. The van der Waals surface area contributed by atoms with Crippen LogP contribution in [-0.4, -0.2) is 37.0 Å². The summed E-state index contributed by atoms with van der Waals surface area (Å²) in [5.74, 6) is -0.682. The highest BCUT2D eigenvalue weighted by Crippen LogP contribution is 2.14. The lowest BCUT2D eigenvalue weighted by molar-refractivity contribution is 0.0770. The predicted octanol–water partition coefficient (Wildman–Crippen LogP) is 2.35. The van der Waals surface area contributed by atoms with Crippen molar-refractivity contribution in [1.29, 1.82) is 0 Å². The van der Waals surface area contributed by atoms with Gasteiger partial charge in [-0.2, -0.15) is 0 Å². The van der Waals surface area contributed by atoms with E-state index >= 15 is 0 Å². The number of aryl methyl sites for hydroxylation is 1. The number of halogens is 1. The molecule has 1 unspecified atom stereocenters. The summed E-state index contributed by atoms with van der Waals surface area (Å²) in [6.07, 6.45) is 3.47. The van der Waals surface area contributed by atoms with E-state index in [0.717, 1.165) is 18.5 Å². The number of rotatable bonds is 3. The molecule has 0 spiro atoms. The van der Waals surface area contributed by atoms with Crippen molar-refractivity contribution < 1.29 is 9.18 Å². The SMILES string of the molecule is Cc1ccc(C(=O)N(C)CC2CCCCN2)c(F)c1. The molecule has 4 heteroatoms. The minimum atomic E-state index is -0.437. The molecule has 1 aliphatic heterocycles. The molecule has 1 aromatic rings. The first-order chi connectivity index (χ1) is 9.08. The van der Waals surface area contributed by atoms with Crippen molar-refractivity contribution in [3.63, 3.8) is 0 Å². The second-order valence-corrected chi connectivity index (χ2v) is 5.32. The number of likely N-dealkylation sites (N-methyl/N-ethyl adjacent to an activating group) is 1. The van der Waals surface area contributed by atoms with Crippen molar-refractivity contribution in [3.8, 4) is 0 Å². The standard InChI is InChI=1S/C15H21FN2O/c1-11-6-7-13(14(16)9-11)15(19)18(2)10-12-5-3-4-8-17-12/h6-7,9,12,17H,3-5,8,10H2,1-2H3. The van der Waals surface area contributed by atoms with Crippen LogP contribution in [0.25, 0.3) is 0 Å². The van der Waals surface area contributed by atoms with Gasteiger partial charge in [0.05, 0.1) is 5.56 Å². The topological polar surface area (TPSA) is 32.3 Å². The van der Waals surface area contributed by atoms with Crippen LogP contribution in [0.15, 0.2) is 18.2 Å². The van der Waals surface area contributed by atoms with E-state index in [1.165, 1.54) is 18.9 Å². The van der Waals surface area contributed by atoms with E-state index in [1.54, 1.807) is 24.1 Å². The Bertz CT molecular complexity index is 455. The molecular weight excluding hydrogens is 243 g/mol. The van der Waals surface area contributed by atoms with Gasteiger partial charge in [0.15, 0.2) is 0 Å². The molecule has 1 aliphatic rings. The minimum absolute atomic E-state index is 0.156. The van der Waals surface area contributed by atoms with Crippen LogP contribution in [0.5, 0.6) is 0 Å². The van der Waals surface area contributed by atoms with Crippen molar-refractivity contribution in [2.45, 2.75) is 32.2 Å². The molecular formula is C15H21FN2O. The van der Waals surface area contributed by atoms with Crippen LogP contribution in [0, 0.1) is 12.7 Å². The summed E-state index contributed by atoms with van der Waals surface area (Å²) in [6, 6.07) is 5.07. The normalized spacial score (nSPS) is 19.2. The molecule has 0 aromatic heterocycles. The Morgan fingerprint density at radius 1 is 1.47 bits per heavy atom. The molecule has 1 fully saturated rings. The zero-order valence-electron chi connectivity index (χ0n) is 11.6. The van der Waals surface area contributed by atoms with Crippen LogP contribution in [0.3, 0.4) is 0 Å². The van der Waals surface area contributed by atoms with Crippen LogP contribution >= 0.6 is 0 Å². The first-order valence-electron chi connectivity index (χ1n) is 6.83. The van der Waals surface area contributed by atoms with E-state index in [0.29, 0.717) is 12.6 Å². The third-order valence-electron chi connectivity index (χ3n) is 3.61. The van der Waals surface area contributed by atoms with Gasteiger partial charge in [-0.15, -0.1) is 0 Å². The Morgan fingerprint density at radius 3 is 2.89 bits per heavy atom. The molecule has 1 aromatic carbocycles. The summed E-state index contributed by atoms with van der Waals surface area (Å²) in [6.45, 7) is 3.45. The Kier molecular flexibility index (Phi) is 4.53. The quantitative estimate of drug-likeness (QED) is 0.909. The van der Waals surface area contributed by atoms with Gasteiger partial charge in [-0.05, 0) is 44.0 Å². The van der Waals surface area contributed by atoms with E-state index in [-0.39, 0.29) is 11.5 Å². The van der Waals surface area contributed by atoms with Gasteiger partial charge in [0.1, 0.15) is 5.82 Å². The van der Waals surface area contributed by atoms with Gasteiger partial charge in [0, 0.05) is 19.6 Å². The molecule has 2 rings (SSSR count). The fraction of sp³-hybridized carbons (Fsp3) is 0.533. The summed E-state index contributed by atoms with van der Waals surface area (Å²) < 4.78 is 13.8.